The van der Waals surface area contributed by atoms with E-state index in [-0.39, 0.29) is 17.7 Å². The lowest BCUT2D eigenvalue weighted by molar-refractivity contribution is 0.110. The first kappa shape index (κ1) is 11.0. The summed E-state index contributed by atoms with van der Waals surface area (Å²) in [7, 11) is 1.52. The van der Waals surface area contributed by atoms with E-state index in [0.29, 0.717) is 11.3 Å². The summed E-state index contributed by atoms with van der Waals surface area (Å²) in [5.74, 6) is 0.576. The van der Waals surface area contributed by atoms with Gasteiger partial charge in [0.25, 0.3) is 0 Å². The lowest BCUT2D eigenvalue weighted by atomic mass is 10.0. The maximum atomic E-state index is 14.0. The smallest absolute Gasteiger partial charge is 0.133 e. The van der Waals surface area contributed by atoms with Crippen LogP contribution in [0.4, 0.5) is 4.39 Å². The van der Waals surface area contributed by atoms with Crippen LogP contribution in [0.25, 0.3) is 0 Å². The van der Waals surface area contributed by atoms with Crippen molar-refractivity contribution in [2.45, 2.75) is 31.3 Å². The summed E-state index contributed by atoms with van der Waals surface area (Å²) in [6.45, 7) is 0. The summed E-state index contributed by atoms with van der Waals surface area (Å²) in [6, 6.07) is 4.74. The monoisotopic (exact) mass is 236 g/mol. The Balaban J connectivity index is 2.05. The van der Waals surface area contributed by atoms with Gasteiger partial charge in [0.15, 0.2) is 0 Å². The SMILES string of the molecule is COc1cccc(F)c1C1(O)C2CCCCC21. The van der Waals surface area contributed by atoms with Crippen LogP contribution in [-0.4, -0.2) is 12.2 Å². The molecule has 2 nitrogen and oxygen atoms in total. The molecular formula is C14H17FO2. The van der Waals surface area contributed by atoms with Crippen LogP contribution in [0.15, 0.2) is 18.2 Å². The number of halogens is 1. The van der Waals surface area contributed by atoms with E-state index in [0.717, 1.165) is 25.7 Å². The van der Waals surface area contributed by atoms with Crippen molar-refractivity contribution in [1.29, 1.82) is 0 Å². The Morgan fingerprint density at radius 1 is 1.29 bits per heavy atom. The molecule has 0 aromatic heterocycles. The number of fused-ring (bicyclic) bond motifs is 1. The second kappa shape index (κ2) is 3.70. The number of aliphatic hydroxyl groups is 1. The van der Waals surface area contributed by atoms with E-state index in [1.807, 2.05) is 0 Å². The number of benzene rings is 1. The van der Waals surface area contributed by atoms with Gasteiger partial charge in [0.05, 0.1) is 12.7 Å². The third-order valence-corrected chi connectivity index (χ3v) is 4.38. The highest BCUT2D eigenvalue weighted by Gasteiger charge is 2.66. The van der Waals surface area contributed by atoms with Crippen molar-refractivity contribution in [2.24, 2.45) is 11.8 Å². The maximum Gasteiger partial charge on any atom is 0.133 e. The highest BCUT2D eigenvalue weighted by atomic mass is 19.1. The molecule has 0 bridgehead atoms. The topological polar surface area (TPSA) is 29.5 Å². The fourth-order valence-corrected chi connectivity index (χ4v) is 3.53. The third-order valence-electron chi connectivity index (χ3n) is 4.38. The first-order chi connectivity index (χ1) is 8.19. The minimum Gasteiger partial charge on any atom is -0.496 e. The number of methoxy groups -OCH3 is 1. The van der Waals surface area contributed by atoms with Crippen LogP contribution in [0.3, 0.4) is 0 Å². The molecular weight excluding hydrogens is 219 g/mol. The molecule has 0 aliphatic heterocycles. The summed E-state index contributed by atoms with van der Waals surface area (Å²) >= 11 is 0. The molecule has 0 amide bonds. The molecule has 3 rings (SSSR count). The molecule has 0 spiro atoms. The zero-order valence-corrected chi connectivity index (χ0v) is 9.95. The van der Waals surface area contributed by atoms with Gasteiger partial charge >= 0.3 is 0 Å². The quantitative estimate of drug-likeness (QED) is 0.855. The van der Waals surface area contributed by atoms with Crippen LogP contribution in [0.5, 0.6) is 5.75 Å². The summed E-state index contributed by atoms with van der Waals surface area (Å²) in [6.07, 6.45) is 4.28. The minimum absolute atomic E-state index is 0.224. The molecule has 0 radical (unpaired) electrons. The Labute approximate surface area is 100 Å². The van der Waals surface area contributed by atoms with E-state index in [2.05, 4.69) is 0 Å². The van der Waals surface area contributed by atoms with E-state index < -0.39 is 5.60 Å². The van der Waals surface area contributed by atoms with Gasteiger partial charge in [-0.05, 0) is 36.8 Å². The number of hydrogen-bond acceptors (Lipinski definition) is 2. The lowest BCUT2D eigenvalue weighted by Crippen LogP contribution is -2.14. The van der Waals surface area contributed by atoms with Gasteiger partial charge in [-0.15, -0.1) is 0 Å². The largest absolute Gasteiger partial charge is 0.496 e. The van der Waals surface area contributed by atoms with Crippen molar-refractivity contribution in [3.8, 4) is 5.75 Å². The predicted molar refractivity (Wildman–Crippen MR) is 62.3 cm³/mol. The fourth-order valence-electron chi connectivity index (χ4n) is 3.53. The Morgan fingerprint density at radius 2 is 1.94 bits per heavy atom. The summed E-state index contributed by atoms with van der Waals surface area (Å²) in [5.41, 5.74) is -0.605. The summed E-state index contributed by atoms with van der Waals surface area (Å²) in [5, 5.41) is 10.7. The van der Waals surface area contributed by atoms with E-state index in [1.54, 1.807) is 12.1 Å². The van der Waals surface area contributed by atoms with Gasteiger partial charge in [-0.1, -0.05) is 18.9 Å². The van der Waals surface area contributed by atoms with Gasteiger partial charge in [0, 0.05) is 0 Å². The van der Waals surface area contributed by atoms with Gasteiger partial charge < -0.3 is 9.84 Å². The molecule has 2 fully saturated rings. The van der Waals surface area contributed by atoms with Crippen LogP contribution in [-0.2, 0) is 5.60 Å². The number of ether oxygens (including phenoxy) is 1. The minimum atomic E-state index is -0.979. The Bertz CT molecular complexity index is 432. The molecule has 2 aliphatic rings. The first-order valence-corrected chi connectivity index (χ1v) is 6.25. The maximum absolute atomic E-state index is 14.0. The average molecular weight is 236 g/mol. The first-order valence-electron chi connectivity index (χ1n) is 6.25. The molecule has 2 aliphatic carbocycles. The Morgan fingerprint density at radius 3 is 2.53 bits per heavy atom. The second-order valence-corrected chi connectivity index (χ2v) is 5.14. The fraction of sp³-hybridized carbons (Fsp3) is 0.571. The van der Waals surface area contributed by atoms with Crippen molar-refractivity contribution in [1.82, 2.24) is 0 Å². The van der Waals surface area contributed by atoms with Crippen molar-refractivity contribution in [3.05, 3.63) is 29.6 Å². The molecule has 1 N–H and O–H groups in total. The molecule has 0 heterocycles. The van der Waals surface area contributed by atoms with E-state index in [1.165, 1.54) is 13.2 Å². The molecule has 0 saturated heterocycles. The highest BCUT2D eigenvalue weighted by molar-refractivity contribution is 5.44. The zero-order chi connectivity index (χ0) is 12.0. The molecule has 2 unspecified atom stereocenters. The zero-order valence-electron chi connectivity index (χ0n) is 9.95. The van der Waals surface area contributed by atoms with Crippen LogP contribution in [0, 0.1) is 17.7 Å². The lowest BCUT2D eigenvalue weighted by Gasteiger charge is -2.16. The van der Waals surface area contributed by atoms with Crippen LogP contribution >= 0.6 is 0 Å². The molecule has 92 valence electrons. The standard InChI is InChI=1S/C14H17FO2/c1-17-12-8-4-7-11(15)13(12)14(16)9-5-2-3-6-10(9)14/h4,7-10,16H,2-3,5-6H2,1H3. The van der Waals surface area contributed by atoms with Crippen LogP contribution in [0.2, 0.25) is 0 Å². The number of rotatable bonds is 2. The van der Waals surface area contributed by atoms with E-state index in [9.17, 15) is 9.50 Å². The highest BCUT2D eigenvalue weighted by Crippen LogP contribution is 2.66. The van der Waals surface area contributed by atoms with Crippen LogP contribution in [0.1, 0.15) is 31.2 Å². The van der Waals surface area contributed by atoms with Gasteiger partial charge in [-0.25, -0.2) is 4.39 Å². The molecule has 2 atom stereocenters. The van der Waals surface area contributed by atoms with Crippen molar-refractivity contribution in [3.63, 3.8) is 0 Å². The summed E-state index contributed by atoms with van der Waals surface area (Å²) < 4.78 is 19.2. The predicted octanol–water partition coefficient (Wildman–Crippen LogP) is 2.84. The molecule has 17 heavy (non-hydrogen) atoms. The third kappa shape index (κ3) is 1.41. The van der Waals surface area contributed by atoms with Crippen LogP contribution < -0.4 is 4.74 Å². The molecule has 1 aromatic carbocycles. The average Bonchev–Trinajstić information content (AvgIpc) is 2.96. The van der Waals surface area contributed by atoms with Crippen molar-refractivity contribution >= 4 is 0 Å². The van der Waals surface area contributed by atoms with E-state index >= 15 is 0 Å². The number of hydrogen-bond donors (Lipinski definition) is 1. The van der Waals surface area contributed by atoms with Gasteiger partial charge in [-0.2, -0.15) is 0 Å². The second-order valence-electron chi connectivity index (χ2n) is 5.14. The van der Waals surface area contributed by atoms with Crippen molar-refractivity contribution in [2.75, 3.05) is 7.11 Å². The van der Waals surface area contributed by atoms with Crippen molar-refractivity contribution < 1.29 is 14.2 Å². The van der Waals surface area contributed by atoms with Gasteiger partial charge in [-0.3, -0.25) is 0 Å². The molecule has 2 saturated carbocycles. The van der Waals surface area contributed by atoms with Gasteiger partial charge in [0.1, 0.15) is 17.2 Å². The molecule has 1 aromatic rings. The van der Waals surface area contributed by atoms with E-state index in [4.69, 9.17) is 4.74 Å². The Hall–Kier alpha value is -1.09. The molecule has 3 heteroatoms. The van der Waals surface area contributed by atoms with Gasteiger partial charge in [0.2, 0.25) is 0 Å². The Kier molecular flexibility index (Phi) is 2.40. The normalized spacial score (nSPS) is 35.2. The summed E-state index contributed by atoms with van der Waals surface area (Å²) in [4.78, 5) is 0.